The number of halogens is 2. The summed E-state index contributed by atoms with van der Waals surface area (Å²) in [5.41, 5.74) is 1.95. The molecule has 1 aliphatic rings. The van der Waals surface area contributed by atoms with Crippen LogP contribution in [0.3, 0.4) is 0 Å². The molecular formula is C25H24Cl2N4O2. The third kappa shape index (κ3) is 6.11. The number of anilines is 2. The van der Waals surface area contributed by atoms with Crippen LogP contribution in [0.25, 0.3) is 0 Å². The maximum Gasteiger partial charge on any atom is 0.258 e. The van der Waals surface area contributed by atoms with Crippen LogP contribution in [0.5, 0.6) is 0 Å². The molecular weight excluding hydrogens is 459 g/mol. The van der Waals surface area contributed by atoms with Gasteiger partial charge in [0.2, 0.25) is 5.91 Å². The fraction of sp³-hybridized carbons (Fsp3) is 0.240. The molecule has 0 radical (unpaired) electrons. The van der Waals surface area contributed by atoms with E-state index in [1.165, 1.54) is 6.20 Å². The number of hydrogen-bond donors (Lipinski definition) is 2. The van der Waals surface area contributed by atoms with E-state index in [9.17, 15) is 9.59 Å². The number of pyridine rings is 1. The number of benzene rings is 2. The summed E-state index contributed by atoms with van der Waals surface area (Å²) in [5, 5.41) is 6.93. The average molecular weight is 483 g/mol. The number of carbonyl (C=O) groups excluding carboxylic acids is 2. The van der Waals surface area contributed by atoms with Crippen molar-refractivity contribution in [3.63, 3.8) is 0 Å². The molecule has 170 valence electrons. The predicted molar refractivity (Wildman–Crippen MR) is 132 cm³/mol. The van der Waals surface area contributed by atoms with Crippen molar-refractivity contribution in [1.29, 1.82) is 0 Å². The lowest BCUT2D eigenvalue weighted by molar-refractivity contribution is -0.121. The Bertz CT molecular complexity index is 1130. The number of likely N-dealkylation sites (tertiary alicyclic amines) is 1. The fourth-order valence-corrected chi connectivity index (χ4v) is 4.19. The molecule has 3 aromatic rings. The molecule has 4 rings (SSSR count). The van der Waals surface area contributed by atoms with Crippen LogP contribution in [-0.4, -0.2) is 34.8 Å². The normalized spacial score (nSPS) is 14.6. The van der Waals surface area contributed by atoms with Crippen molar-refractivity contribution in [3.8, 4) is 0 Å². The Labute approximate surface area is 202 Å². The summed E-state index contributed by atoms with van der Waals surface area (Å²) in [6.07, 6.45) is 2.96. The van der Waals surface area contributed by atoms with Crippen molar-refractivity contribution in [2.75, 3.05) is 23.7 Å². The molecule has 2 aromatic carbocycles. The van der Waals surface area contributed by atoms with E-state index in [0.29, 0.717) is 22.1 Å². The van der Waals surface area contributed by atoms with Crippen molar-refractivity contribution in [3.05, 3.63) is 88.0 Å². The monoisotopic (exact) mass is 482 g/mol. The summed E-state index contributed by atoms with van der Waals surface area (Å²) in [7, 11) is 0. The molecule has 0 spiro atoms. The standard InChI is InChI=1S/C25H24Cl2N4O2/c26-19-9-10-23(28-15-19)30-25(33)20-6-2-4-8-22(20)29-24(32)17-11-13-31(14-12-17)16-18-5-1-3-7-21(18)27/h1-10,15,17H,11-14,16H2,(H,29,32)(H,28,30,33). The molecule has 0 atom stereocenters. The van der Waals surface area contributed by atoms with Gasteiger partial charge in [-0.3, -0.25) is 14.5 Å². The third-order valence-corrected chi connectivity index (χ3v) is 6.30. The van der Waals surface area contributed by atoms with Gasteiger partial charge in [-0.15, -0.1) is 0 Å². The van der Waals surface area contributed by atoms with Gasteiger partial charge in [-0.05, 0) is 61.8 Å². The molecule has 6 nitrogen and oxygen atoms in total. The molecule has 33 heavy (non-hydrogen) atoms. The van der Waals surface area contributed by atoms with Gasteiger partial charge in [0.15, 0.2) is 0 Å². The third-order valence-electron chi connectivity index (χ3n) is 5.71. The van der Waals surface area contributed by atoms with Gasteiger partial charge >= 0.3 is 0 Å². The van der Waals surface area contributed by atoms with Gasteiger partial charge in [-0.25, -0.2) is 4.98 Å². The average Bonchev–Trinajstić information content (AvgIpc) is 2.83. The van der Waals surface area contributed by atoms with E-state index in [-0.39, 0.29) is 17.7 Å². The second-order valence-electron chi connectivity index (χ2n) is 7.99. The van der Waals surface area contributed by atoms with Crippen LogP contribution in [0, 0.1) is 5.92 Å². The van der Waals surface area contributed by atoms with E-state index < -0.39 is 0 Å². The molecule has 1 fully saturated rings. The summed E-state index contributed by atoms with van der Waals surface area (Å²) in [4.78, 5) is 32.1. The second-order valence-corrected chi connectivity index (χ2v) is 8.84. The van der Waals surface area contributed by atoms with Gasteiger partial charge in [0.25, 0.3) is 5.91 Å². The van der Waals surface area contributed by atoms with Gasteiger partial charge in [-0.2, -0.15) is 0 Å². The highest BCUT2D eigenvalue weighted by atomic mass is 35.5. The number of piperidine rings is 1. The molecule has 1 saturated heterocycles. The Morgan fingerprint density at radius 1 is 0.939 bits per heavy atom. The quantitative estimate of drug-likeness (QED) is 0.486. The molecule has 2 amide bonds. The Hall–Kier alpha value is -2.93. The van der Waals surface area contributed by atoms with Crippen LogP contribution >= 0.6 is 23.2 Å². The number of aromatic nitrogens is 1. The van der Waals surface area contributed by atoms with Crippen LogP contribution in [0.4, 0.5) is 11.5 Å². The number of rotatable bonds is 6. The van der Waals surface area contributed by atoms with E-state index >= 15 is 0 Å². The van der Waals surface area contributed by atoms with Gasteiger partial charge in [0.05, 0.1) is 16.3 Å². The highest BCUT2D eigenvalue weighted by Crippen LogP contribution is 2.24. The van der Waals surface area contributed by atoms with Crippen molar-refractivity contribution in [2.45, 2.75) is 19.4 Å². The van der Waals surface area contributed by atoms with Crippen LogP contribution in [0.2, 0.25) is 10.0 Å². The van der Waals surface area contributed by atoms with Crippen molar-refractivity contribution < 1.29 is 9.59 Å². The van der Waals surface area contributed by atoms with Crippen LogP contribution in [0.1, 0.15) is 28.8 Å². The number of hydrogen-bond acceptors (Lipinski definition) is 4. The topological polar surface area (TPSA) is 74.3 Å². The lowest BCUT2D eigenvalue weighted by Gasteiger charge is -2.31. The predicted octanol–water partition coefficient (Wildman–Crippen LogP) is 5.49. The molecule has 0 saturated carbocycles. The first-order valence-corrected chi connectivity index (χ1v) is 11.5. The van der Waals surface area contributed by atoms with Gasteiger partial charge in [-0.1, -0.05) is 53.5 Å². The second kappa shape index (κ2) is 10.8. The first kappa shape index (κ1) is 23.2. The Kier molecular flexibility index (Phi) is 7.60. The SMILES string of the molecule is O=C(Nc1ccc(Cl)cn1)c1ccccc1NC(=O)C1CCN(Cc2ccccc2Cl)CC1. The zero-order valence-electron chi connectivity index (χ0n) is 17.9. The lowest BCUT2D eigenvalue weighted by atomic mass is 9.95. The van der Waals surface area contributed by atoms with Crippen LogP contribution < -0.4 is 10.6 Å². The fourth-order valence-electron chi connectivity index (χ4n) is 3.88. The Balaban J connectivity index is 1.35. The highest BCUT2D eigenvalue weighted by molar-refractivity contribution is 6.31. The summed E-state index contributed by atoms with van der Waals surface area (Å²) in [5.74, 6) is -0.148. The van der Waals surface area contributed by atoms with E-state index in [1.807, 2.05) is 24.3 Å². The first-order valence-electron chi connectivity index (χ1n) is 10.8. The summed E-state index contributed by atoms with van der Waals surface area (Å²) in [6.45, 7) is 2.40. The van der Waals surface area contributed by atoms with E-state index in [0.717, 1.165) is 43.1 Å². The van der Waals surface area contributed by atoms with Gasteiger partial charge in [0.1, 0.15) is 5.82 Å². The number of carbonyl (C=O) groups is 2. The maximum absolute atomic E-state index is 12.9. The van der Waals surface area contributed by atoms with Crippen molar-refractivity contribution in [2.24, 2.45) is 5.92 Å². The zero-order valence-corrected chi connectivity index (χ0v) is 19.4. The minimum Gasteiger partial charge on any atom is -0.325 e. The van der Waals surface area contributed by atoms with Crippen LogP contribution in [-0.2, 0) is 11.3 Å². The summed E-state index contributed by atoms with van der Waals surface area (Å²) >= 11 is 12.1. The van der Waals surface area contributed by atoms with E-state index in [1.54, 1.807) is 36.4 Å². The van der Waals surface area contributed by atoms with Gasteiger partial charge in [0, 0.05) is 23.7 Å². The highest BCUT2D eigenvalue weighted by Gasteiger charge is 2.26. The molecule has 2 N–H and O–H groups in total. The largest absolute Gasteiger partial charge is 0.325 e. The van der Waals surface area contributed by atoms with E-state index in [4.69, 9.17) is 23.2 Å². The Morgan fingerprint density at radius 2 is 1.67 bits per heavy atom. The number of nitrogens with one attached hydrogen (secondary N) is 2. The summed E-state index contributed by atoms with van der Waals surface area (Å²) < 4.78 is 0. The van der Waals surface area contributed by atoms with Crippen molar-refractivity contribution >= 4 is 46.5 Å². The lowest BCUT2D eigenvalue weighted by Crippen LogP contribution is -2.38. The number of nitrogens with zero attached hydrogens (tertiary/aromatic N) is 2. The minimum absolute atomic E-state index is 0.0720. The molecule has 0 bridgehead atoms. The van der Waals surface area contributed by atoms with Crippen molar-refractivity contribution in [1.82, 2.24) is 9.88 Å². The number of para-hydroxylation sites is 1. The molecule has 8 heteroatoms. The smallest absolute Gasteiger partial charge is 0.258 e. The minimum atomic E-state index is -0.352. The van der Waals surface area contributed by atoms with E-state index in [2.05, 4.69) is 20.5 Å². The van der Waals surface area contributed by atoms with Gasteiger partial charge < -0.3 is 10.6 Å². The molecule has 0 unspecified atom stereocenters. The molecule has 2 heterocycles. The molecule has 0 aliphatic carbocycles. The zero-order chi connectivity index (χ0) is 23.2. The number of amides is 2. The molecule has 1 aliphatic heterocycles. The molecule has 1 aromatic heterocycles. The maximum atomic E-state index is 12.9. The van der Waals surface area contributed by atoms with Crippen LogP contribution in [0.15, 0.2) is 66.9 Å². The summed E-state index contributed by atoms with van der Waals surface area (Å²) in [6, 6.07) is 18.1. The first-order chi connectivity index (χ1) is 16.0. The Morgan fingerprint density at radius 3 is 2.39 bits per heavy atom.